The molecule has 2 N–H and O–H groups in total. The van der Waals surface area contributed by atoms with Crippen LogP contribution in [0, 0.1) is 0 Å². The van der Waals surface area contributed by atoms with E-state index >= 15 is 0 Å². The zero-order valence-corrected chi connectivity index (χ0v) is 26.1. The van der Waals surface area contributed by atoms with Crippen LogP contribution in [0.1, 0.15) is 80.9 Å². The Morgan fingerprint density at radius 2 is 1.62 bits per heavy atom. The van der Waals surface area contributed by atoms with Gasteiger partial charge >= 0.3 is 17.6 Å². The fourth-order valence-electron chi connectivity index (χ4n) is 6.10. The Morgan fingerprint density at radius 1 is 0.911 bits per heavy atom. The largest absolute Gasteiger partial charge is 0.483 e. The van der Waals surface area contributed by atoms with Gasteiger partial charge in [0.15, 0.2) is 12.2 Å². The van der Waals surface area contributed by atoms with E-state index < -0.39 is 48.8 Å². The summed E-state index contributed by atoms with van der Waals surface area (Å²) in [5.74, 6) is -0.749. The first-order chi connectivity index (χ1) is 21.5. The molecule has 0 radical (unpaired) electrons. The number of aliphatic hydroxyl groups excluding tert-OH is 2. The van der Waals surface area contributed by atoms with Crippen LogP contribution in [0.2, 0.25) is 0 Å². The van der Waals surface area contributed by atoms with E-state index in [1.54, 1.807) is 26.0 Å². The summed E-state index contributed by atoms with van der Waals surface area (Å²) in [6, 6.07) is 11.5. The zero-order valence-electron chi connectivity index (χ0n) is 26.1. The second-order valence-electron chi connectivity index (χ2n) is 12.2. The Balaban J connectivity index is 1.64. The third kappa shape index (κ3) is 6.83. The number of carbonyl (C=O) groups is 2. The molecule has 3 aliphatic heterocycles. The van der Waals surface area contributed by atoms with Gasteiger partial charge in [-0.05, 0) is 82.2 Å². The number of allylic oxidation sites excluding steroid dienone is 1. The molecular formula is C35H40O10. The van der Waals surface area contributed by atoms with E-state index in [1.165, 1.54) is 0 Å². The van der Waals surface area contributed by atoms with Crippen molar-refractivity contribution in [2.45, 2.75) is 90.6 Å². The predicted octanol–water partition coefficient (Wildman–Crippen LogP) is 4.77. The van der Waals surface area contributed by atoms with Crippen molar-refractivity contribution in [1.29, 1.82) is 0 Å². The Labute approximate surface area is 261 Å². The molecule has 3 aromatic rings. The molecule has 45 heavy (non-hydrogen) atoms. The first-order valence-corrected chi connectivity index (χ1v) is 15.3. The maximum Gasteiger partial charge on any atom is 0.339 e. The number of esters is 2. The molecule has 0 saturated heterocycles. The highest BCUT2D eigenvalue weighted by Gasteiger charge is 2.50. The van der Waals surface area contributed by atoms with Gasteiger partial charge in [0.1, 0.15) is 23.7 Å². The molecule has 0 amide bonds. The quantitative estimate of drug-likeness (QED) is 0.135. The maximum absolute atomic E-state index is 13.8. The van der Waals surface area contributed by atoms with Crippen LogP contribution in [0.4, 0.5) is 0 Å². The number of aliphatic hydroxyl groups is 2. The Bertz CT molecular complexity index is 1660. The van der Waals surface area contributed by atoms with Crippen molar-refractivity contribution in [1.82, 2.24) is 0 Å². The molecule has 0 fully saturated rings. The fraction of sp³-hybridized carbons (Fsp3) is 0.457. The second-order valence-corrected chi connectivity index (χ2v) is 12.2. The van der Waals surface area contributed by atoms with E-state index in [1.807, 2.05) is 38.1 Å². The molecule has 240 valence electrons. The number of rotatable bonds is 5. The molecule has 0 saturated carbocycles. The monoisotopic (exact) mass is 620 g/mol. The predicted molar refractivity (Wildman–Crippen MR) is 165 cm³/mol. The van der Waals surface area contributed by atoms with Gasteiger partial charge in [-0.25, -0.2) is 9.59 Å². The van der Waals surface area contributed by atoms with Crippen molar-refractivity contribution >= 4 is 22.9 Å². The Hall–Kier alpha value is -3.99. The summed E-state index contributed by atoms with van der Waals surface area (Å²) < 4.78 is 29.5. The molecule has 0 aliphatic carbocycles. The molecule has 0 spiro atoms. The molecule has 10 nitrogen and oxygen atoms in total. The summed E-state index contributed by atoms with van der Waals surface area (Å²) in [6.45, 7) is 6.26. The Morgan fingerprint density at radius 3 is 2.29 bits per heavy atom. The first kappa shape index (κ1) is 32.4. The van der Waals surface area contributed by atoms with E-state index in [0.717, 1.165) is 16.7 Å². The summed E-state index contributed by atoms with van der Waals surface area (Å²) in [4.78, 5) is 40.5. The van der Waals surface area contributed by atoms with Crippen LogP contribution in [-0.4, -0.2) is 47.3 Å². The van der Waals surface area contributed by atoms with Crippen LogP contribution in [0.15, 0.2) is 56.8 Å². The third-order valence-electron chi connectivity index (χ3n) is 8.53. The highest BCUT2D eigenvalue weighted by atomic mass is 16.6. The van der Waals surface area contributed by atoms with Crippen LogP contribution in [0.5, 0.6) is 5.75 Å². The van der Waals surface area contributed by atoms with Gasteiger partial charge < -0.3 is 33.6 Å². The SMILES string of the molecule is CC(C)=C1CCc2ccc(cc2)CCCC(=O)OC2c3c(ccc4c(CO)c(CCOCO)c(=O)oc34)OC(C)(C)C2OC1=O. The van der Waals surface area contributed by atoms with Crippen LogP contribution >= 0.6 is 0 Å². The minimum Gasteiger partial charge on any atom is -0.483 e. The van der Waals surface area contributed by atoms with Gasteiger partial charge in [-0.3, -0.25) is 4.79 Å². The summed E-state index contributed by atoms with van der Waals surface area (Å²) in [6.07, 6.45) is 0.261. The summed E-state index contributed by atoms with van der Waals surface area (Å²) in [5.41, 5.74) is 2.50. The third-order valence-corrected chi connectivity index (χ3v) is 8.53. The van der Waals surface area contributed by atoms with E-state index in [2.05, 4.69) is 0 Å². The van der Waals surface area contributed by atoms with Crippen molar-refractivity contribution in [2.24, 2.45) is 0 Å². The molecule has 4 heterocycles. The summed E-state index contributed by atoms with van der Waals surface area (Å²) in [5, 5.41) is 19.8. The lowest BCUT2D eigenvalue weighted by molar-refractivity contribution is -0.188. The minimum absolute atomic E-state index is 0.0386. The molecule has 2 unspecified atom stereocenters. The molecule has 2 aromatic carbocycles. The van der Waals surface area contributed by atoms with Crippen LogP contribution in [0.3, 0.4) is 0 Å². The van der Waals surface area contributed by atoms with Crippen molar-refractivity contribution in [2.75, 3.05) is 13.4 Å². The molecule has 2 bridgehead atoms. The lowest BCUT2D eigenvalue weighted by Gasteiger charge is -2.43. The molecule has 2 atom stereocenters. The molecular weight excluding hydrogens is 580 g/mol. The highest BCUT2D eigenvalue weighted by Crippen LogP contribution is 2.47. The number of hydrogen-bond donors (Lipinski definition) is 2. The number of hydrogen-bond acceptors (Lipinski definition) is 10. The lowest BCUT2D eigenvalue weighted by Crippen LogP contribution is -2.52. The smallest absolute Gasteiger partial charge is 0.339 e. The van der Waals surface area contributed by atoms with Gasteiger partial charge in [-0.15, -0.1) is 0 Å². The number of ether oxygens (including phenoxy) is 4. The van der Waals surface area contributed by atoms with Gasteiger partial charge in [0.25, 0.3) is 0 Å². The average Bonchev–Trinajstić information content (AvgIpc) is 2.99. The number of aryl methyl sites for hydroxylation is 2. The first-order valence-electron chi connectivity index (χ1n) is 15.3. The van der Waals surface area contributed by atoms with Crippen LogP contribution in [-0.2, 0) is 49.7 Å². The van der Waals surface area contributed by atoms with Crippen molar-refractivity contribution in [3.8, 4) is 5.75 Å². The van der Waals surface area contributed by atoms with Crippen molar-refractivity contribution in [3.05, 3.63) is 85.8 Å². The molecule has 6 rings (SSSR count). The van der Waals surface area contributed by atoms with E-state index in [-0.39, 0.29) is 36.2 Å². The average molecular weight is 621 g/mol. The van der Waals surface area contributed by atoms with Gasteiger partial charge in [0.05, 0.1) is 18.8 Å². The number of fused-ring (bicyclic) bond motifs is 13. The fourth-order valence-corrected chi connectivity index (χ4v) is 6.10. The normalized spacial score (nSPS) is 20.2. The zero-order chi connectivity index (χ0) is 32.3. The maximum atomic E-state index is 13.8. The van der Waals surface area contributed by atoms with Crippen LogP contribution < -0.4 is 10.4 Å². The van der Waals surface area contributed by atoms with Crippen LogP contribution in [0.25, 0.3) is 11.0 Å². The number of benzene rings is 2. The van der Waals surface area contributed by atoms with Gasteiger partial charge in [-0.2, -0.15) is 0 Å². The molecule has 3 aliphatic rings. The standard InChI is InChI=1S/C35H40O10/c1-20(2)23-13-12-22-10-8-21(9-11-22)6-5-7-28(38)42-31-29-27(45-35(3,4)32(31)44-33(23)39)15-14-24-26(18-36)25(16-17-41-19-37)34(40)43-30(24)29/h8-11,14-15,31-32,36-37H,5-7,12-13,16-19H2,1-4H3. The van der Waals surface area contributed by atoms with E-state index in [4.69, 9.17) is 28.5 Å². The second kappa shape index (κ2) is 13.6. The van der Waals surface area contributed by atoms with Gasteiger partial charge in [-0.1, -0.05) is 29.8 Å². The minimum atomic E-state index is -1.17. The highest BCUT2D eigenvalue weighted by molar-refractivity contribution is 5.90. The van der Waals surface area contributed by atoms with E-state index in [9.17, 15) is 19.5 Å². The summed E-state index contributed by atoms with van der Waals surface area (Å²) >= 11 is 0. The van der Waals surface area contributed by atoms with Crippen molar-refractivity contribution in [3.63, 3.8) is 0 Å². The van der Waals surface area contributed by atoms with Crippen molar-refractivity contribution < 1.29 is 43.2 Å². The number of carbonyl (C=O) groups excluding carboxylic acids is 2. The summed E-state index contributed by atoms with van der Waals surface area (Å²) in [7, 11) is 0. The van der Waals surface area contributed by atoms with Gasteiger partial charge in [0, 0.05) is 29.4 Å². The lowest BCUT2D eigenvalue weighted by atomic mass is 9.86. The van der Waals surface area contributed by atoms with E-state index in [0.29, 0.717) is 48.0 Å². The topological polar surface area (TPSA) is 142 Å². The Kier molecular flexibility index (Phi) is 9.76. The molecule has 10 heteroatoms. The molecule has 1 aromatic heterocycles. The van der Waals surface area contributed by atoms with Gasteiger partial charge in [0.2, 0.25) is 0 Å².